The van der Waals surface area contributed by atoms with E-state index >= 15 is 0 Å². The molecule has 0 N–H and O–H groups in total. The molecular weight excluding hydrogens is 455 g/mol. The van der Waals surface area contributed by atoms with Gasteiger partial charge in [0, 0.05) is 19.3 Å². The molecular formula is C33H45N2P. The summed E-state index contributed by atoms with van der Waals surface area (Å²) in [7, 11) is -0.576. The minimum atomic E-state index is -0.576. The Hall–Kier alpha value is -2.44. The van der Waals surface area contributed by atoms with E-state index in [-0.39, 0.29) is 10.8 Å². The average Bonchev–Trinajstić information content (AvgIpc) is 2.80. The molecule has 3 rings (SSSR count). The summed E-state index contributed by atoms with van der Waals surface area (Å²) in [6, 6.07) is 28.3. The largest absolute Gasteiger partial charge is 0.303 e. The van der Waals surface area contributed by atoms with E-state index in [1.807, 2.05) is 0 Å². The molecule has 192 valence electrons. The molecule has 0 fully saturated rings. The molecule has 0 unspecified atom stereocenters. The van der Waals surface area contributed by atoms with E-state index in [4.69, 9.17) is 4.99 Å². The van der Waals surface area contributed by atoms with E-state index in [1.54, 1.807) is 0 Å². The normalized spacial score (nSPS) is 13.1. The minimum Gasteiger partial charge on any atom is -0.303 e. The molecule has 2 nitrogen and oxygen atoms in total. The van der Waals surface area contributed by atoms with Crippen LogP contribution in [-0.4, -0.2) is 17.2 Å². The van der Waals surface area contributed by atoms with Gasteiger partial charge in [-0.1, -0.05) is 136 Å². The lowest BCUT2D eigenvalue weighted by Crippen LogP contribution is -2.34. The summed E-state index contributed by atoms with van der Waals surface area (Å²) in [5.41, 5.74) is 7.09. The summed E-state index contributed by atoms with van der Waals surface area (Å²) in [5.74, 6) is 1.04. The summed E-state index contributed by atoms with van der Waals surface area (Å²) in [5, 5.41) is 0. The molecule has 0 spiro atoms. The van der Waals surface area contributed by atoms with Gasteiger partial charge in [-0.25, -0.2) is 4.99 Å². The predicted molar refractivity (Wildman–Crippen MR) is 163 cm³/mol. The molecule has 0 aliphatic rings. The highest BCUT2D eigenvalue weighted by atomic mass is 31.1. The van der Waals surface area contributed by atoms with Gasteiger partial charge in [0.05, 0.1) is 5.69 Å². The predicted octanol–water partition coefficient (Wildman–Crippen LogP) is 10.1. The lowest BCUT2D eigenvalue weighted by molar-refractivity contribution is 0.591. The van der Waals surface area contributed by atoms with Crippen molar-refractivity contribution in [3.8, 4) is 0 Å². The molecule has 3 aromatic carbocycles. The van der Waals surface area contributed by atoms with Gasteiger partial charge in [-0.05, 0) is 45.4 Å². The Morgan fingerprint density at radius 1 is 0.639 bits per heavy atom. The topological polar surface area (TPSA) is 15.6 Å². The molecule has 0 bridgehead atoms. The highest BCUT2D eigenvalue weighted by molar-refractivity contribution is 7.61. The molecule has 0 heterocycles. The fraction of sp³-hybridized carbons (Fsp3) is 0.424. The Balaban J connectivity index is 2.44. The van der Waals surface area contributed by atoms with Crippen LogP contribution in [0.25, 0.3) is 0 Å². The minimum absolute atomic E-state index is 0.00311. The van der Waals surface area contributed by atoms with Gasteiger partial charge in [0.15, 0.2) is 0 Å². The molecule has 0 atom stereocenters. The zero-order chi connectivity index (χ0) is 26.7. The van der Waals surface area contributed by atoms with Crippen molar-refractivity contribution in [1.82, 2.24) is 0 Å². The van der Waals surface area contributed by atoms with Crippen LogP contribution < -0.4 is 4.67 Å². The van der Waals surface area contributed by atoms with Crippen LogP contribution in [0.3, 0.4) is 0 Å². The van der Waals surface area contributed by atoms with Crippen LogP contribution in [0.2, 0.25) is 0 Å². The summed E-state index contributed by atoms with van der Waals surface area (Å²) >= 11 is 0. The molecule has 0 saturated carbocycles. The van der Waals surface area contributed by atoms with Crippen molar-refractivity contribution >= 4 is 25.3 Å². The lowest BCUT2D eigenvalue weighted by atomic mass is 9.85. The number of anilines is 1. The number of nitrogens with zero attached hydrogens (tertiary/aromatic N) is 2. The molecule has 36 heavy (non-hydrogen) atoms. The van der Waals surface area contributed by atoms with E-state index < -0.39 is 8.07 Å². The fourth-order valence-corrected chi connectivity index (χ4v) is 7.76. The first-order chi connectivity index (χ1) is 16.8. The number of hydrogen-bond acceptors (Lipinski definition) is 1. The maximum atomic E-state index is 5.54. The molecule has 0 radical (unpaired) electrons. The second kappa shape index (κ2) is 11.3. The van der Waals surface area contributed by atoms with Crippen molar-refractivity contribution in [2.45, 2.75) is 91.4 Å². The average molecular weight is 501 g/mol. The van der Waals surface area contributed by atoms with Crippen molar-refractivity contribution < 1.29 is 0 Å². The van der Waals surface area contributed by atoms with Crippen LogP contribution in [0.4, 0.5) is 11.4 Å². The maximum Gasteiger partial charge on any atom is 0.144 e. The number of aliphatic imine (C=N–C) groups is 1. The second-order valence-corrected chi connectivity index (χ2v) is 15.4. The number of para-hydroxylation sites is 2. The Morgan fingerprint density at radius 2 is 1.11 bits per heavy atom. The van der Waals surface area contributed by atoms with Crippen LogP contribution in [-0.2, 0) is 10.8 Å². The van der Waals surface area contributed by atoms with Gasteiger partial charge < -0.3 is 4.67 Å². The Labute approximate surface area is 221 Å². The van der Waals surface area contributed by atoms with E-state index in [1.165, 1.54) is 16.8 Å². The van der Waals surface area contributed by atoms with Crippen LogP contribution in [0, 0.1) is 0 Å². The highest BCUT2D eigenvalue weighted by Crippen LogP contribution is 2.54. The van der Waals surface area contributed by atoms with Gasteiger partial charge in [-0.2, -0.15) is 0 Å². The standard InChI is InChI=1S/C33H45N2P/c1-24(2)36(25(3)4)35(30-23-17-15-21-28(30)33(8,9)10)31(26-18-12-11-13-19-26)34-29-22-16-14-20-27(29)32(5,6)7/h11-25H,1-10H3. The zero-order valence-electron chi connectivity index (χ0n) is 24.0. The molecule has 0 saturated heterocycles. The summed E-state index contributed by atoms with van der Waals surface area (Å²) in [4.78, 5) is 5.54. The van der Waals surface area contributed by atoms with Gasteiger partial charge in [0.25, 0.3) is 0 Å². The van der Waals surface area contributed by atoms with Crippen molar-refractivity contribution in [2.24, 2.45) is 4.99 Å². The number of rotatable bonds is 6. The second-order valence-electron chi connectivity index (χ2n) is 12.2. The number of benzene rings is 3. The smallest absolute Gasteiger partial charge is 0.144 e. The van der Waals surface area contributed by atoms with E-state index in [0.29, 0.717) is 11.3 Å². The lowest BCUT2D eigenvalue weighted by Gasteiger charge is -2.42. The number of hydrogen-bond donors (Lipinski definition) is 0. The van der Waals surface area contributed by atoms with Crippen LogP contribution >= 0.6 is 8.07 Å². The first-order valence-corrected chi connectivity index (χ1v) is 14.7. The van der Waals surface area contributed by atoms with Gasteiger partial charge in [0.1, 0.15) is 5.84 Å². The SMILES string of the molecule is CC(C)P(C(C)C)N(C(=Nc1ccccc1C(C)(C)C)c1ccccc1)c1ccccc1C(C)(C)C. The molecule has 0 aromatic heterocycles. The summed E-state index contributed by atoms with van der Waals surface area (Å²) in [6.45, 7) is 23.2. The first kappa shape index (κ1) is 28.1. The van der Waals surface area contributed by atoms with Crippen molar-refractivity contribution in [2.75, 3.05) is 4.67 Å². The summed E-state index contributed by atoms with van der Waals surface area (Å²) in [6.07, 6.45) is 0. The molecule has 3 aromatic rings. The van der Waals surface area contributed by atoms with Gasteiger partial charge >= 0.3 is 0 Å². The highest BCUT2D eigenvalue weighted by Gasteiger charge is 2.33. The fourth-order valence-electron chi connectivity index (χ4n) is 4.84. The molecule has 0 aliphatic carbocycles. The van der Waals surface area contributed by atoms with Gasteiger partial charge in [-0.3, -0.25) is 0 Å². The third-order valence-electron chi connectivity index (χ3n) is 6.40. The van der Waals surface area contributed by atoms with E-state index in [2.05, 4.69) is 153 Å². The molecule has 0 aliphatic heterocycles. The first-order valence-electron chi connectivity index (χ1n) is 13.2. The third kappa shape index (κ3) is 6.46. The number of amidine groups is 1. The quantitative estimate of drug-likeness (QED) is 0.187. The van der Waals surface area contributed by atoms with Crippen LogP contribution in [0.1, 0.15) is 85.9 Å². The summed E-state index contributed by atoms with van der Waals surface area (Å²) < 4.78 is 2.61. The monoisotopic (exact) mass is 500 g/mol. The zero-order valence-corrected chi connectivity index (χ0v) is 24.9. The van der Waals surface area contributed by atoms with Crippen molar-refractivity contribution in [3.63, 3.8) is 0 Å². The van der Waals surface area contributed by atoms with E-state index in [0.717, 1.165) is 17.1 Å². The molecule has 0 amide bonds. The van der Waals surface area contributed by atoms with Crippen molar-refractivity contribution in [1.29, 1.82) is 0 Å². The van der Waals surface area contributed by atoms with Gasteiger partial charge in [0.2, 0.25) is 0 Å². The van der Waals surface area contributed by atoms with E-state index in [9.17, 15) is 0 Å². The maximum absolute atomic E-state index is 5.54. The van der Waals surface area contributed by atoms with Gasteiger partial charge in [-0.15, -0.1) is 0 Å². The molecule has 3 heteroatoms. The third-order valence-corrected chi connectivity index (χ3v) is 9.38. The van der Waals surface area contributed by atoms with Crippen molar-refractivity contribution in [3.05, 3.63) is 95.6 Å². The Kier molecular flexibility index (Phi) is 8.84. The Bertz CT molecular complexity index is 1160. The van der Waals surface area contributed by atoms with Crippen LogP contribution in [0.5, 0.6) is 0 Å². The van der Waals surface area contributed by atoms with Crippen LogP contribution in [0.15, 0.2) is 83.9 Å². The Morgan fingerprint density at radius 3 is 1.64 bits per heavy atom.